The van der Waals surface area contributed by atoms with Crippen LogP contribution in [-0.4, -0.2) is 60.6 Å². The van der Waals surface area contributed by atoms with Crippen molar-refractivity contribution in [2.24, 2.45) is 0 Å². The highest BCUT2D eigenvalue weighted by Crippen LogP contribution is 2.25. The SMILES string of the molecule is COC(=O)NC(Cc1ccccc1)C(=O)NC(CC(=O)O)C(=O)COC(=O)c1c(Cl)cccc1Cl. The highest BCUT2D eigenvalue weighted by molar-refractivity contribution is 6.39. The molecule has 2 rings (SSSR count). The topological polar surface area (TPSA) is 148 Å². The lowest BCUT2D eigenvalue weighted by atomic mass is 10.0. The highest BCUT2D eigenvalue weighted by Gasteiger charge is 2.30. The lowest BCUT2D eigenvalue weighted by Crippen LogP contribution is -2.53. The fourth-order valence-corrected chi connectivity index (χ4v) is 3.51. The van der Waals surface area contributed by atoms with Gasteiger partial charge in [-0.3, -0.25) is 14.4 Å². The average molecular weight is 525 g/mol. The normalized spacial score (nSPS) is 12.1. The zero-order valence-electron chi connectivity index (χ0n) is 18.5. The predicted molar refractivity (Wildman–Crippen MR) is 125 cm³/mol. The third-order valence-electron chi connectivity index (χ3n) is 4.67. The Balaban J connectivity index is 2.12. The molecule has 0 bridgehead atoms. The highest BCUT2D eigenvalue weighted by atomic mass is 35.5. The Bertz CT molecular complexity index is 1070. The standard InChI is InChI=1S/C23H22Cl2N2O8/c1-34-23(33)27-17(10-13-6-3-2-4-7-13)21(31)26-16(11-19(29)30)18(28)12-35-22(32)20-14(24)8-5-9-15(20)25/h2-9,16-17H,10-12H2,1H3,(H,26,31)(H,27,33)(H,29,30). The molecule has 2 atom stereocenters. The molecule has 2 amide bonds. The Hall–Kier alpha value is -3.63. The van der Waals surface area contributed by atoms with E-state index >= 15 is 0 Å². The van der Waals surface area contributed by atoms with Crippen molar-refractivity contribution in [3.05, 3.63) is 69.7 Å². The number of hydrogen-bond acceptors (Lipinski definition) is 7. The van der Waals surface area contributed by atoms with Gasteiger partial charge >= 0.3 is 18.0 Å². The summed E-state index contributed by atoms with van der Waals surface area (Å²) >= 11 is 11.9. The van der Waals surface area contributed by atoms with Crippen LogP contribution in [0.25, 0.3) is 0 Å². The number of carbonyl (C=O) groups is 5. The van der Waals surface area contributed by atoms with E-state index in [0.717, 1.165) is 7.11 Å². The first kappa shape index (κ1) is 27.6. The van der Waals surface area contributed by atoms with Crippen molar-refractivity contribution in [1.29, 1.82) is 0 Å². The first-order valence-corrected chi connectivity index (χ1v) is 10.9. The summed E-state index contributed by atoms with van der Waals surface area (Å²) in [6.07, 6.45) is -1.64. The lowest BCUT2D eigenvalue weighted by molar-refractivity contribution is -0.140. The molecule has 3 N–H and O–H groups in total. The van der Waals surface area contributed by atoms with Gasteiger partial charge in [0.05, 0.1) is 29.1 Å². The molecule has 0 aromatic heterocycles. The molecule has 0 aliphatic rings. The molecule has 2 unspecified atom stereocenters. The summed E-state index contributed by atoms with van der Waals surface area (Å²) < 4.78 is 9.48. The Morgan fingerprint density at radius 1 is 0.914 bits per heavy atom. The molecule has 10 nitrogen and oxygen atoms in total. The van der Waals surface area contributed by atoms with Gasteiger partial charge in [0.1, 0.15) is 12.1 Å². The molecule has 0 spiro atoms. The van der Waals surface area contributed by atoms with Crippen LogP contribution in [-0.2, 0) is 30.3 Å². The Labute approximate surface area is 210 Å². The Kier molecular flexibility index (Phi) is 10.5. The maximum atomic E-state index is 12.9. The van der Waals surface area contributed by atoms with Crippen molar-refractivity contribution in [3.63, 3.8) is 0 Å². The van der Waals surface area contributed by atoms with Gasteiger partial charge in [-0.15, -0.1) is 0 Å². The molecule has 0 aliphatic carbocycles. The monoisotopic (exact) mass is 524 g/mol. The minimum atomic E-state index is -1.55. The van der Waals surface area contributed by atoms with Gasteiger partial charge in [-0.2, -0.15) is 0 Å². The van der Waals surface area contributed by atoms with E-state index in [4.69, 9.17) is 27.9 Å². The summed E-state index contributed by atoms with van der Waals surface area (Å²) in [5.41, 5.74) is 0.531. The molecule has 0 saturated carbocycles. The maximum absolute atomic E-state index is 12.9. The summed E-state index contributed by atoms with van der Waals surface area (Å²) in [6.45, 7) is -0.855. The van der Waals surface area contributed by atoms with E-state index in [1.807, 2.05) is 0 Å². The zero-order chi connectivity index (χ0) is 26.0. The van der Waals surface area contributed by atoms with E-state index < -0.39 is 54.8 Å². The molecular formula is C23H22Cl2N2O8. The molecule has 2 aromatic carbocycles. The number of benzene rings is 2. The van der Waals surface area contributed by atoms with Gasteiger partial charge < -0.3 is 25.2 Å². The number of methoxy groups -OCH3 is 1. The van der Waals surface area contributed by atoms with E-state index in [9.17, 15) is 29.1 Å². The molecule has 0 radical (unpaired) electrons. The van der Waals surface area contributed by atoms with Crippen LogP contribution in [0.1, 0.15) is 22.3 Å². The van der Waals surface area contributed by atoms with E-state index in [0.29, 0.717) is 5.56 Å². The number of nitrogens with one attached hydrogen (secondary N) is 2. The van der Waals surface area contributed by atoms with E-state index in [1.54, 1.807) is 30.3 Å². The van der Waals surface area contributed by atoms with Crippen LogP contribution >= 0.6 is 23.2 Å². The second kappa shape index (κ2) is 13.3. The maximum Gasteiger partial charge on any atom is 0.407 e. The van der Waals surface area contributed by atoms with Crippen LogP contribution < -0.4 is 10.6 Å². The summed E-state index contributed by atoms with van der Waals surface area (Å²) in [6, 6.07) is 10.3. The minimum absolute atomic E-state index is 0.00276. The summed E-state index contributed by atoms with van der Waals surface area (Å²) in [4.78, 5) is 60.9. The molecule has 0 saturated heterocycles. The number of ketones is 1. The number of carboxylic acids is 1. The number of carbonyl (C=O) groups excluding carboxylic acids is 4. The van der Waals surface area contributed by atoms with Gasteiger partial charge in [0, 0.05) is 6.42 Å². The quantitative estimate of drug-likeness (QED) is 0.380. The molecule has 0 fully saturated rings. The average Bonchev–Trinajstić information content (AvgIpc) is 2.81. The van der Waals surface area contributed by atoms with Gasteiger partial charge in [-0.05, 0) is 17.7 Å². The van der Waals surface area contributed by atoms with Crippen molar-refractivity contribution in [1.82, 2.24) is 10.6 Å². The number of esters is 1. The smallest absolute Gasteiger partial charge is 0.407 e. The van der Waals surface area contributed by atoms with E-state index in [-0.39, 0.29) is 22.0 Å². The summed E-state index contributed by atoms with van der Waals surface area (Å²) in [5, 5.41) is 13.9. The second-order valence-corrected chi connectivity index (χ2v) is 7.99. The number of Topliss-reactive ketones (excluding diaryl/α,β-unsaturated/α-hetero) is 1. The van der Waals surface area contributed by atoms with Gasteiger partial charge in [0.15, 0.2) is 12.4 Å². The van der Waals surface area contributed by atoms with Crippen LogP contribution in [0.5, 0.6) is 0 Å². The number of carboxylic acid groups (broad SMARTS) is 1. The summed E-state index contributed by atoms with van der Waals surface area (Å²) in [7, 11) is 1.11. The molecule has 0 aliphatic heterocycles. The number of rotatable bonds is 11. The van der Waals surface area contributed by atoms with Crippen molar-refractivity contribution < 1.29 is 38.6 Å². The molecule has 186 valence electrons. The molecular weight excluding hydrogens is 503 g/mol. The Morgan fingerprint density at radius 3 is 2.11 bits per heavy atom. The minimum Gasteiger partial charge on any atom is -0.481 e. The number of alkyl carbamates (subject to hydrolysis) is 1. The third kappa shape index (κ3) is 8.58. The summed E-state index contributed by atoms with van der Waals surface area (Å²) in [5.74, 6) is -4.11. The van der Waals surface area contributed by atoms with Crippen molar-refractivity contribution >= 4 is 52.9 Å². The Morgan fingerprint density at radius 2 is 1.54 bits per heavy atom. The second-order valence-electron chi connectivity index (χ2n) is 7.18. The van der Waals surface area contributed by atoms with Crippen LogP contribution in [0.2, 0.25) is 10.0 Å². The molecule has 12 heteroatoms. The van der Waals surface area contributed by atoms with Gasteiger partial charge in [0.25, 0.3) is 0 Å². The fraction of sp³-hybridized carbons (Fsp3) is 0.261. The first-order valence-electron chi connectivity index (χ1n) is 10.2. The van der Waals surface area contributed by atoms with Gasteiger partial charge in [-0.25, -0.2) is 9.59 Å². The first-order chi connectivity index (χ1) is 16.6. The number of ether oxygens (including phenoxy) is 2. The molecule has 0 heterocycles. The lowest BCUT2D eigenvalue weighted by Gasteiger charge is -2.22. The number of hydrogen-bond donors (Lipinski definition) is 3. The van der Waals surface area contributed by atoms with Crippen molar-refractivity contribution in [3.8, 4) is 0 Å². The van der Waals surface area contributed by atoms with E-state index in [1.165, 1.54) is 18.2 Å². The van der Waals surface area contributed by atoms with Gasteiger partial charge in [-0.1, -0.05) is 59.6 Å². The zero-order valence-corrected chi connectivity index (χ0v) is 20.0. The van der Waals surface area contributed by atoms with Crippen LogP contribution in [0, 0.1) is 0 Å². The number of halogens is 2. The predicted octanol–water partition coefficient (Wildman–Crippen LogP) is 2.65. The fourth-order valence-electron chi connectivity index (χ4n) is 2.95. The molecule has 2 aromatic rings. The van der Waals surface area contributed by atoms with Crippen LogP contribution in [0.15, 0.2) is 48.5 Å². The third-order valence-corrected chi connectivity index (χ3v) is 5.30. The number of amides is 2. The largest absolute Gasteiger partial charge is 0.481 e. The van der Waals surface area contributed by atoms with Crippen molar-refractivity contribution in [2.45, 2.75) is 24.9 Å². The van der Waals surface area contributed by atoms with Crippen LogP contribution in [0.3, 0.4) is 0 Å². The van der Waals surface area contributed by atoms with E-state index in [2.05, 4.69) is 15.4 Å². The number of aliphatic carboxylic acids is 1. The van der Waals surface area contributed by atoms with Crippen LogP contribution in [0.4, 0.5) is 4.79 Å². The van der Waals surface area contributed by atoms with Gasteiger partial charge in [0.2, 0.25) is 5.91 Å². The van der Waals surface area contributed by atoms with Crippen molar-refractivity contribution in [2.75, 3.05) is 13.7 Å². The molecule has 35 heavy (non-hydrogen) atoms.